The minimum absolute atomic E-state index is 0.745. The van der Waals surface area contributed by atoms with Gasteiger partial charge in [0.05, 0.1) is 29.3 Å². The third kappa shape index (κ3) is 2.43. The van der Waals surface area contributed by atoms with Gasteiger partial charge in [0.2, 0.25) is 0 Å². The fraction of sp³-hybridized carbons (Fsp3) is 0.182. The van der Waals surface area contributed by atoms with E-state index in [-0.39, 0.29) is 0 Å². The van der Waals surface area contributed by atoms with Crippen LogP contribution in [0.15, 0.2) is 34.1 Å². The van der Waals surface area contributed by atoms with Gasteiger partial charge < -0.3 is 5.32 Å². The highest BCUT2D eigenvalue weighted by Crippen LogP contribution is 2.10. The predicted molar refractivity (Wildman–Crippen MR) is 73.3 cm³/mol. The molecule has 3 rings (SSSR count). The van der Waals surface area contributed by atoms with Crippen LogP contribution in [0.3, 0.4) is 0 Å². The number of halogens is 1. The van der Waals surface area contributed by atoms with E-state index >= 15 is 0 Å². The number of rotatable bonds is 4. The highest BCUT2D eigenvalue weighted by molar-refractivity contribution is 9.10. The Morgan fingerprint density at radius 2 is 2.17 bits per heavy atom. The molecule has 92 valence electrons. The van der Waals surface area contributed by atoms with Crippen LogP contribution in [0.25, 0.3) is 5.65 Å². The quantitative estimate of drug-likeness (QED) is 0.800. The van der Waals surface area contributed by atoms with Crippen molar-refractivity contribution in [3.63, 3.8) is 0 Å². The average molecular weight is 324 g/mol. The van der Waals surface area contributed by atoms with Crippen molar-refractivity contribution in [3.05, 3.63) is 45.5 Å². The summed E-state index contributed by atoms with van der Waals surface area (Å²) in [5.74, 6) is 0. The molecule has 18 heavy (non-hydrogen) atoms. The lowest BCUT2D eigenvalue weighted by Crippen LogP contribution is -2.14. The standard InChI is InChI=1S/C11H10BrN5S/c12-10-5-17-9(3-15-11(17)4-14-10)2-13-1-8-6-18-7-16-8/h3-7,13H,1-2H2. The van der Waals surface area contributed by atoms with Gasteiger partial charge in [-0.05, 0) is 15.9 Å². The first-order valence-corrected chi connectivity index (χ1v) is 7.12. The Hall–Kier alpha value is -1.31. The molecule has 3 heterocycles. The lowest BCUT2D eigenvalue weighted by molar-refractivity contribution is 0.666. The Kier molecular flexibility index (Phi) is 3.35. The molecule has 5 nitrogen and oxygen atoms in total. The number of fused-ring (bicyclic) bond motifs is 1. The third-order valence-corrected chi connectivity index (χ3v) is 3.58. The Balaban J connectivity index is 1.72. The van der Waals surface area contributed by atoms with Crippen molar-refractivity contribution in [2.45, 2.75) is 13.1 Å². The molecule has 3 aromatic heterocycles. The van der Waals surface area contributed by atoms with Crippen molar-refractivity contribution in [3.8, 4) is 0 Å². The van der Waals surface area contributed by atoms with Crippen LogP contribution in [0.4, 0.5) is 0 Å². The average Bonchev–Trinajstić information content (AvgIpc) is 2.99. The molecule has 0 amide bonds. The van der Waals surface area contributed by atoms with E-state index in [4.69, 9.17) is 0 Å². The third-order valence-electron chi connectivity index (χ3n) is 2.54. The molecule has 0 saturated heterocycles. The predicted octanol–water partition coefficient (Wildman–Crippen LogP) is 2.24. The molecule has 0 spiro atoms. The van der Waals surface area contributed by atoms with Gasteiger partial charge in [-0.1, -0.05) is 0 Å². The van der Waals surface area contributed by atoms with E-state index in [9.17, 15) is 0 Å². The van der Waals surface area contributed by atoms with Crippen LogP contribution in [-0.2, 0) is 13.1 Å². The van der Waals surface area contributed by atoms with Crippen LogP contribution < -0.4 is 5.32 Å². The molecule has 0 saturated carbocycles. The van der Waals surface area contributed by atoms with E-state index < -0.39 is 0 Å². The summed E-state index contributed by atoms with van der Waals surface area (Å²) in [6.07, 6.45) is 5.52. The Morgan fingerprint density at radius 1 is 1.22 bits per heavy atom. The molecule has 0 unspecified atom stereocenters. The molecule has 0 aliphatic heterocycles. The number of hydrogen-bond donors (Lipinski definition) is 1. The van der Waals surface area contributed by atoms with Crippen molar-refractivity contribution < 1.29 is 0 Å². The second-order valence-corrected chi connectivity index (χ2v) is 5.30. The first-order chi connectivity index (χ1) is 8.83. The lowest BCUT2D eigenvalue weighted by Gasteiger charge is -2.03. The first-order valence-electron chi connectivity index (χ1n) is 5.38. The van der Waals surface area contributed by atoms with Crippen LogP contribution in [0.2, 0.25) is 0 Å². The smallest absolute Gasteiger partial charge is 0.155 e. The van der Waals surface area contributed by atoms with E-state index in [1.807, 2.05) is 27.7 Å². The summed E-state index contributed by atoms with van der Waals surface area (Å²) in [5, 5.41) is 5.39. The van der Waals surface area contributed by atoms with Gasteiger partial charge in [-0.2, -0.15) is 0 Å². The summed E-state index contributed by atoms with van der Waals surface area (Å²) < 4.78 is 2.82. The summed E-state index contributed by atoms with van der Waals surface area (Å²) in [5.41, 5.74) is 4.86. The Bertz CT molecular complexity index is 649. The molecule has 0 aromatic carbocycles. The van der Waals surface area contributed by atoms with Crippen molar-refractivity contribution in [2.75, 3.05) is 0 Å². The van der Waals surface area contributed by atoms with Gasteiger partial charge in [0.15, 0.2) is 5.65 Å². The first kappa shape index (κ1) is 11.8. The lowest BCUT2D eigenvalue weighted by atomic mass is 10.4. The molecular weight excluding hydrogens is 314 g/mol. The second-order valence-electron chi connectivity index (χ2n) is 3.77. The monoisotopic (exact) mass is 323 g/mol. The van der Waals surface area contributed by atoms with Gasteiger partial charge in [0, 0.05) is 24.7 Å². The van der Waals surface area contributed by atoms with Gasteiger partial charge in [0.1, 0.15) is 4.60 Å². The molecule has 0 aliphatic rings. The Labute approximate surface area is 116 Å². The fourth-order valence-electron chi connectivity index (χ4n) is 1.69. The Morgan fingerprint density at radius 3 is 3.00 bits per heavy atom. The maximum Gasteiger partial charge on any atom is 0.155 e. The molecule has 1 N–H and O–H groups in total. The van der Waals surface area contributed by atoms with Gasteiger partial charge in [-0.15, -0.1) is 11.3 Å². The van der Waals surface area contributed by atoms with Gasteiger partial charge in [-0.3, -0.25) is 4.40 Å². The molecule has 7 heteroatoms. The number of imidazole rings is 1. The van der Waals surface area contributed by atoms with Crippen LogP contribution in [-0.4, -0.2) is 19.4 Å². The summed E-state index contributed by atoms with van der Waals surface area (Å²) in [6.45, 7) is 1.51. The SMILES string of the molecule is Brc1cn2c(CNCc3cscn3)cnc2cn1. The van der Waals surface area contributed by atoms with Crippen molar-refractivity contribution in [1.29, 1.82) is 0 Å². The van der Waals surface area contributed by atoms with Crippen LogP contribution in [0.1, 0.15) is 11.4 Å². The van der Waals surface area contributed by atoms with Gasteiger partial charge in [-0.25, -0.2) is 15.0 Å². The van der Waals surface area contributed by atoms with E-state index in [2.05, 4.69) is 36.2 Å². The normalized spacial score (nSPS) is 11.2. The second kappa shape index (κ2) is 5.13. The molecular formula is C11H10BrN5S. The summed E-state index contributed by atoms with van der Waals surface area (Å²) in [7, 11) is 0. The number of nitrogens with one attached hydrogen (secondary N) is 1. The zero-order valence-electron chi connectivity index (χ0n) is 9.38. The van der Waals surface area contributed by atoms with E-state index in [0.29, 0.717) is 0 Å². The van der Waals surface area contributed by atoms with Gasteiger partial charge >= 0.3 is 0 Å². The topological polar surface area (TPSA) is 55.1 Å². The van der Waals surface area contributed by atoms with Crippen LogP contribution >= 0.6 is 27.3 Å². The van der Waals surface area contributed by atoms with Crippen LogP contribution in [0, 0.1) is 0 Å². The summed E-state index contributed by atoms with van der Waals surface area (Å²) in [6, 6.07) is 0. The number of thiazole rings is 1. The highest BCUT2D eigenvalue weighted by atomic mass is 79.9. The minimum Gasteiger partial charge on any atom is -0.305 e. The number of hydrogen-bond acceptors (Lipinski definition) is 5. The maximum absolute atomic E-state index is 4.30. The van der Waals surface area contributed by atoms with E-state index in [0.717, 1.165) is 34.7 Å². The molecule has 0 atom stereocenters. The van der Waals surface area contributed by atoms with Crippen molar-refractivity contribution >= 4 is 32.9 Å². The molecule has 0 aliphatic carbocycles. The highest BCUT2D eigenvalue weighted by Gasteiger charge is 2.04. The zero-order valence-corrected chi connectivity index (χ0v) is 11.8. The van der Waals surface area contributed by atoms with Crippen molar-refractivity contribution in [1.82, 2.24) is 24.7 Å². The maximum atomic E-state index is 4.30. The van der Waals surface area contributed by atoms with Gasteiger partial charge in [0.25, 0.3) is 0 Å². The largest absolute Gasteiger partial charge is 0.305 e. The molecule has 0 fully saturated rings. The van der Waals surface area contributed by atoms with Crippen LogP contribution in [0.5, 0.6) is 0 Å². The number of aromatic nitrogens is 4. The molecule has 3 aromatic rings. The molecule has 0 radical (unpaired) electrons. The van der Waals surface area contributed by atoms with E-state index in [1.165, 1.54) is 0 Å². The minimum atomic E-state index is 0.745. The van der Waals surface area contributed by atoms with E-state index in [1.54, 1.807) is 17.5 Å². The summed E-state index contributed by atoms with van der Waals surface area (Å²) >= 11 is 4.97. The fourth-order valence-corrected chi connectivity index (χ4v) is 2.56. The number of nitrogens with zero attached hydrogens (tertiary/aromatic N) is 4. The van der Waals surface area contributed by atoms with Crippen molar-refractivity contribution in [2.24, 2.45) is 0 Å². The summed E-state index contributed by atoms with van der Waals surface area (Å²) in [4.78, 5) is 12.7. The molecule has 0 bridgehead atoms. The zero-order chi connectivity index (χ0) is 12.4.